The average molecular weight is 379 g/mol. The van der Waals surface area contributed by atoms with E-state index in [2.05, 4.69) is 4.90 Å². The van der Waals surface area contributed by atoms with Crippen molar-refractivity contribution in [1.29, 1.82) is 0 Å². The first-order valence-electron chi connectivity index (χ1n) is 9.27. The van der Waals surface area contributed by atoms with Crippen LogP contribution in [0.4, 0.5) is 5.69 Å². The van der Waals surface area contributed by atoms with Gasteiger partial charge in [0.25, 0.3) is 0 Å². The van der Waals surface area contributed by atoms with E-state index in [1.54, 1.807) is 0 Å². The molecule has 0 fully saturated rings. The highest BCUT2D eigenvalue weighted by Gasteiger charge is 2.38. The summed E-state index contributed by atoms with van der Waals surface area (Å²) < 4.78 is 14.7. The quantitative estimate of drug-likeness (QED) is 0.596. The van der Waals surface area contributed by atoms with Crippen molar-refractivity contribution in [2.24, 2.45) is 0 Å². The predicted molar refractivity (Wildman–Crippen MR) is 115 cm³/mol. The molecule has 0 heterocycles. The van der Waals surface area contributed by atoms with Crippen molar-refractivity contribution < 1.29 is 9.67 Å². The maximum atomic E-state index is 14.7. The lowest BCUT2D eigenvalue weighted by molar-refractivity contribution is 0.283. The van der Waals surface area contributed by atoms with Crippen LogP contribution in [0.25, 0.3) is 0 Å². The Morgan fingerprint density at radius 1 is 0.815 bits per heavy atom. The van der Waals surface area contributed by atoms with E-state index in [-0.39, 0.29) is 12.4 Å². The van der Waals surface area contributed by atoms with Crippen molar-refractivity contribution in [2.45, 2.75) is 18.6 Å². The topological polar surface area (TPSA) is 40.5 Å². The van der Waals surface area contributed by atoms with Crippen LogP contribution in [0, 0.1) is 0 Å². The van der Waals surface area contributed by atoms with E-state index >= 15 is 0 Å². The molecule has 3 aromatic carbocycles. The Kier molecular flexibility index (Phi) is 6.49. The van der Waals surface area contributed by atoms with Crippen molar-refractivity contribution >= 4 is 23.4 Å². The van der Waals surface area contributed by atoms with E-state index in [4.69, 9.17) is 0 Å². The lowest BCUT2D eigenvalue weighted by Gasteiger charge is -2.37. The van der Waals surface area contributed by atoms with Gasteiger partial charge in [-0.3, -0.25) is 0 Å². The summed E-state index contributed by atoms with van der Waals surface area (Å²) in [5.74, 6) is -0.239. The van der Waals surface area contributed by atoms with Gasteiger partial charge in [-0.2, -0.15) is 0 Å². The summed E-state index contributed by atoms with van der Waals surface area (Å²) in [6.07, 6.45) is 1.24. The zero-order valence-electron chi connectivity index (χ0n) is 15.6. The lowest BCUT2D eigenvalue weighted by Crippen LogP contribution is -2.38. The summed E-state index contributed by atoms with van der Waals surface area (Å²) >= 11 is 0. The molecule has 0 aliphatic heterocycles. The summed E-state index contributed by atoms with van der Waals surface area (Å²) in [4.78, 5) is 2.11. The van der Waals surface area contributed by atoms with Gasteiger partial charge in [-0.25, -0.2) is 0 Å². The van der Waals surface area contributed by atoms with Gasteiger partial charge in [0.15, 0.2) is 7.14 Å². The van der Waals surface area contributed by atoms with Gasteiger partial charge in [-0.05, 0) is 25.0 Å². The molecule has 1 unspecified atom stereocenters. The lowest BCUT2D eigenvalue weighted by atomic mass is 10.2. The normalized spacial score (nSPS) is 12.5. The first-order valence-corrected chi connectivity index (χ1v) is 11.0. The smallest absolute Gasteiger partial charge is 0.164 e. The van der Waals surface area contributed by atoms with Gasteiger partial charge < -0.3 is 14.6 Å². The van der Waals surface area contributed by atoms with E-state index in [1.807, 2.05) is 98.0 Å². The number of hydrogen-bond donors (Lipinski definition) is 1. The molecule has 4 heteroatoms. The van der Waals surface area contributed by atoms with Gasteiger partial charge in [-0.15, -0.1) is 0 Å². The number of benzene rings is 3. The third kappa shape index (κ3) is 4.16. The zero-order chi connectivity index (χ0) is 19.1. The minimum atomic E-state index is -2.97. The van der Waals surface area contributed by atoms with Crippen LogP contribution in [0.3, 0.4) is 0 Å². The van der Waals surface area contributed by atoms with Crippen molar-refractivity contribution in [3.63, 3.8) is 0 Å². The maximum Gasteiger partial charge on any atom is 0.164 e. The van der Waals surface area contributed by atoms with Crippen molar-refractivity contribution in [1.82, 2.24) is 0 Å². The van der Waals surface area contributed by atoms with E-state index in [1.165, 1.54) is 0 Å². The van der Waals surface area contributed by atoms with Crippen LogP contribution in [0.5, 0.6) is 0 Å². The Hall–Kier alpha value is -2.35. The van der Waals surface area contributed by atoms with Crippen LogP contribution in [-0.2, 0) is 4.57 Å². The van der Waals surface area contributed by atoms with Crippen LogP contribution in [0.15, 0.2) is 91.0 Å². The number of rotatable bonds is 8. The SMILES string of the molecule is CN(c1ccccc1)C(CCCO)P(=O)(c1ccccc1)c1ccccc1. The molecule has 0 saturated carbocycles. The zero-order valence-corrected chi connectivity index (χ0v) is 16.5. The van der Waals surface area contributed by atoms with Gasteiger partial charge in [0.05, 0.1) is 5.78 Å². The fraction of sp³-hybridized carbons (Fsp3) is 0.217. The van der Waals surface area contributed by atoms with Crippen LogP contribution in [0.1, 0.15) is 12.8 Å². The van der Waals surface area contributed by atoms with Gasteiger partial charge in [0.2, 0.25) is 0 Å². The van der Waals surface area contributed by atoms with E-state index in [0.717, 1.165) is 16.3 Å². The van der Waals surface area contributed by atoms with Crippen molar-refractivity contribution in [3.8, 4) is 0 Å². The third-order valence-corrected chi connectivity index (χ3v) is 8.50. The molecule has 3 aromatic rings. The highest BCUT2D eigenvalue weighted by molar-refractivity contribution is 7.79. The molecule has 0 aromatic heterocycles. The minimum Gasteiger partial charge on any atom is -0.396 e. The predicted octanol–water partition coefficient (Wildman–Crippen LogP) is 4.24. The van der Waals surface area contributed by atoms with Crippen LogP contribution >= 0.6 is 7.14 Å². The molecule has 0 aliphatic rings. The molecule has 3 nitrogen and oxygen atoms in total. The molecule has 0 amide bonds. The minimum absolute atomic E-state index is 0.0860. The van der Waals surface area contributed by atoms with E-state index in [0.29, 0.717) is 12.8 Å². The summed E-state index contributed by atoms with van der Waals surface area (Å²) in [5.41, 5.74) is 1.02. The summed E-state index contributed by atoms with van der Waals surface area (Å²) in [6, 6.07) is 29.5. The first kappa shape index (κ1) is 19.4. The Morgan fingerprint density at radius 3 is 1.70 bits per heavy atom. The molecule has 0 spiro atoms. The molecule has 27 heavy (non-hydrogen) atoms. The number of hydrogen-bond acceptors (Lipinski definition) is 3. The first-order chi connectivity index (χ1) is 13.2. The van der Waals surface area contributed by atoms with Crippen molar-refractivity contribution in [3.05, 3.63) is 91.0 Å². The van der Waals surface area contributed by atoms with Gasteiger partial charge in [0, 0.05) is 30.0 Å². The Labute approximate surface area is 161 Å². The van der Waals surface area contributed by atoms with Crippen molar-refractivity contribution in [2.75, 3.05) is 18.6 Å². The second kappa shape index (κ2) is 9.03. The third-order valence-electron chi connectivity index (χ3n) is 4.93. The molecule has 0 aliphatic carbocycles. The average Bonchev–Trinajstić information content (AvgIpc) is 2.75. The summed E-state index contributed by atoms with van der Waals surface area (Å²) in [7, 11) is -0.975. The summed E-state index contributed by atoms with van der Waals surface area (Å²) in [5, 5.41) is 11.2. The van der Waals surface area contributed by atoms with Gasteiger partial charge in [0.1, 0.15) is 0 Å². The molecule has 1 atom stereocenters. The van der Waals surface area contributed by atoms with Gasteiger partial charge >= 0.3 is 0 Å². The molecule has 0 saturated heterocycles. The molecule has 0 radical (unpaired) electrons. The number of nitrogens with zero attached hydrogens (tertiary/aromatic N) is 1. The summed E-state index contributed by atoms with van der Waals surface area (Å²) in [6.45, 7) is 0.0860. The van der Waals surface area contributed by atoms with E-state index < -0.39 is 7.14 Å². The second-order valence-corrected chi connectivity index (χ2v) is 9.57. The largest absolute Gasteiger partial charge is 0.396 e. The Morgan fingerprint density at radius 2 is 1.26 bits per heavy atom. The molecule has 0 bridgehead atoms. The number of aliphatic hydroxyl groups excluding tert-OH is 1. The standard InChI is InChI=1S/C23H26NO2P/c1-24(20-12-5-2-6-13-20)23(18-11-19-25)27(26,21-14-7-3-8-15-21)22-16-9-4-10-17-22/h2-10,12-17,23,25H,11,18-19H2,1H3. The molecule has 3 rings (SSSR count). The monoisotopic (exact) mass is 379 g/mol. The highest BCUT2D eigenvalue weighted by Crippen LogP contribution is 2.52. The number of aliphatic hydroxyl groups is 1. The molecular weight excluding hydrogens is 353 g/mol. The second-order valence-electron chi connectivity index (χ2n) is 6.62. The molecule has 140 valence electrons. The number of anilines is 1. The fourth-order valence-corrected chi connectivity index (χ4v) is 6.90. The van der Waals surface area contributed by atoms with Crippen LogP contribution < -0.4 is 15.5 Å². The Bertz CT molecular complexity index is 825. The maximum absolute atomic E-state index is 14.7. The number of para-hydroxylation sites is 1. The molecular formula is C23H26NO2P. The van der Waals surface area contributed by atoms with E-state index in [9.17, 15) is 9.67 Å². The molecule has 1 N–H and O–H groups in total. The van der Waals surface area contributed by atoms with Crippen LogP contribution in [0.2, 0.25) is 0 Å². The Balaban J connectivity index is 2.15. The fourth-order valence-electron chi connectivity index (χ4n) is 3.52. The highest BCUT2D eigenvalue weighted by atomic mass is 31.2. The van der Waals surface area contributed by atoms with Crippen LogP contribution in [-0.4, -0.2) is 24.5 Å². The van der Waals surface area contributed by atoms with Gasteiger partial charge in [-0.1, -0.05) is 78.9 Å².